The number of fused-ring (bicyclic) bond motifs is 4. The van der Waals surface area contributed by atoms with Crippen molar-refractivity contribution in [1.29, 1.82) is 0 Å². The van der Waals surface area contributed by atoms with Gasteiger partial charge in [0.05, 0.1) is 12.2 Å². The van der Waals surface area contributed by atoms with Gasteiger partial charge in [0.1, 0.15) is 5.78 Å². The lowest BCUT2D eigenvalue weighted by Crippen LogP contribution is -2.55. The predicted octanol–water partition coefficient (Wildman–Crippen LogP) is 5.86. The maximum Gasteiger partial charge on any atom is 0.140 e. The van der Waals surface area contributed by atoms with Crippen LogP contribution in [-0.4, -0.2) is 28.2 Å². The third-order valence-electron chi connectivity index (χ3n) is 12.7. The Balaban J connectivity index is 1.36. The van der Waals surface area contributed by atoms with E-state index in [4.69, 9.17) is 0 Å². The van der Waals surface area contributed by atoms with Crippen molar-refractivity contribution in [3.8, 4) is 0 Å². The van der Waals surface area contributed by atoms with Crippen LogP contribution in [0.25, 0.3) is 0 Å². The number of aliphatic hydroxyl groups excluding tert-OH is 2. The second-order valence-electron chi connectivity index (χ2n) is 13.7. The number of rotatable bonds is 6. The van der Waals surface area contributed by atoms with E-state index < -0.39 is 12.2 Å². The van der Waals surface area contributed by atoms with E-state index in [1.54, 1.807) is 0 Å². The standard InChI is InChI=1S/C29H48O3/c1-7-19(16(2)3)26(32)25(31)17(4)21-8-9-22-20-14-24(30)29-15-18(29)10-13-28(29,6)23(20)11-12-27(21,22)5/h16-23,25-26,31-32H,7-15H2,1-6H3/t17-,18+,19-,20-,21+,22-,23-,25-,26-,27+,28+,29?/m0/s1. The summed E-state index contributed by atoms with van der Waals surface area (Å²) in [5.41, 5.74) is 0.521. The number of aliphatic hydroxyl groups is 2. The minimum absolute atomic E-state index is 0.0690. The van der Waals surface area contributed by atoms with Crippen molar-refractivity contribution in [2.45, 2.75) is 112 Å². The summed E-state index contributed by atoms with van der Waals surface area (Å²) in [6, 6.07) is 0. The lowest BCUT2D eigenvalue weighted by molar-refractivity contribution is -0.153. The fourth-order valence-electron chi connectivity index (χ4n) is 10.8. The van der Waals surface area contributed by atoms with Gasteiger partial charge in [0.25, 0.3) is 0 Å². The molecule has 5 saturated carbocycles. The summed E-state index contributed by atoms with van der Waals surface area (Å²) in [4.78, 5) is 13.5. The summed E-state index contributed by atoms with van der Waals surface area (Å²) < 4.78 is 0. The smallest absolute Gasteiger partial charge is 0.140 e. The minimum atomic E-state index is -0.656. The maximum atomic E-state index is 13.5. The summed E-state index contributed by atoms with van der Waals surface area (Å²) in [5, 5.41) is 22.3. The molecule has 0 bridgehead atoms. The van der Waals surface area contributed by atoms with Gasteiger partial charge in [-0.15, -0.1) is 0 Å². The van der Waals surface area contributed by atoms with Crippen LogP contribution in [0.4, 0.5) is 0 Å². The van der Waals surface area contributed by atoms with Crippen molar-refractivity contribution in [2.75, 3.05) is 0 Å². The monoisotopic (exact) mass is 444 g/mol. The molecule has 0 heterocycles. The molecule has 0 aromatic rings. The van der Waals surface area contributed by atoms with Gasteiger partial charge in [-0.2, -0.15) is 0 Å². The first-order chi connectivity index (χ1) is 15.0. The second kappa shape index (κ2) is 7.54. The summed E-state index contributed by atoms with van der Waals surface area (Å²) in [5.74, 6) is 4.27. The molecule has 2 N–H and O–H groups in total. The third-order valence-corrected chi connectivity index (χ3v) is 12.7. The molecule has 182 valence electrons. The quantitative estimate of drug-likeness (QED) is 0.539. The van der Waals surface area contributed by atoms with Crippen molar-refractivity contribution in [2.24, 2.45) is 63.6 Å². The Morgan fingerprint density at radius 2 is 1.69 bits per heavy atom. The number of ketones is 1. The van der Waals surface area contributed by atoms with Gasteiger partial charge in [-0.25, -0.2) is 0 Å². The first-order valence-electron chi connectivity index (χ1n) is 13.9. The normalized spacial score (nSPS) is 50.8. The van der Waals surface area contributed by atoms with E-state index in [1.165, 1.54) is 38.5 Å². The fraction of sp³-hybridized carbons (Fsp3) is 0.966. The van der Waals surface area contributed by atoms with Gasteiger partial charge in [-0.3, -0.25) is 4.79 Å². The van der Waals surface area contributed by atoms with Crippen LogP contribution in [0.15, 0.2) is 0 Å². The van der Waals surface area contributed by atoms with Crippen molar-refractivity contribution >= 4 is 5.78 Å². The molecule has 0 amide bonds. The van der Waals surface area contributed by atoms with E-state index in [1.807, 2.05) is 0 Å². The van der Waals surface area contributed by atoms with Crippen LogP contribution in [0.1, 0.15) is 99.3 Å². The second-order valence-corrected chi connectivity index (χ2v) is 13.7. The van der Waals surface area contributed by atoms with Crippen LogP contribution < -0.4 is 0 Å². The molecule has 0 aromatic carbocycles. The zero-order valence-corrected chi connectivity index (χ0v) is 21.4. The van der Waals surface area contributed by atoms with Crippen LogP contribution in [0.2, 0.25) is 0 Å². The zero-order chi connectivity index (χ0) is 23.2. The minimum Gasteiger partial charge on any atom is -0.390 e. The number of hydrogen-bond acceptors (Lipinski definition) is 3. The molecule has 1 spiro atoms. The number of carbonyl (C=O) groups is 1. The summed E-state index contributed by atoms with van der Waals surface area (Å²) >= 11 is 0. The Hall–Kier alpha value is -0.410. The van der Waals surface area contributed by atoms with Crippen molar-refractivity contribution in [3.05, 3.63) is 0 Å². The molecule has 0 radical (unpaired) electrons. The fourth-order valence-corrected chi connectivity index (χ4v) is 10.8. The average molecular weight is 445 g/mol. The number of carbonyl (C=O) groups excluding carboxylic acids is 1. The van der Waals surface area contributed by atoms with Gasteiger partial charge < -0.3 is 10.2 Å². The lowest BCUT2D eigenvalue weighted by Gasteiger charge is -2.58. The Bertz CT molecular complexity index is 762. The molecular weight excluding hydrogens is 396 g/mol. The molecule has 5 aliphatic carbocycles. The average Bonchev–Trinajstić information content (AvgIpc) is 3.27. The lowest BCUT2D eigenvalue weighted by atomic mass is 9.45. The van der Waals surface area contributed by atoms with E-state index in [2.05, 4.69) is 41.5 Å². The Kier molecular flexibility index (Phi) is 5.50. The molecule has 5 rings (SSSR count). The Morgan fingerprint density at radius 1 is 0.969 bits per heavy atom. The van der Waals surface area contributed by atoms with Crippen LogP contribution >= 0.6 is 0 Å². The van der Waals surface area contributed by atoms with E-state index in [9.17, 15) is 15.0 Å². The molecule has 3 nitrogen and oxygen atoms in total. The van der Waals surface area contributed by atoms with Gasteiger partial charge in [-0.1, -0.05) is 48.0 Å². The summed E-state index contributed by atoms with van der Waals surface area (Å²) in [6.45, 7) is 13.6. The highest BCUT2D eigenvalue weighted by atomic mass is 16.3. The third kappa shape index (κ3) is 2.82. The molecule has 5 aliphatic rings. The van der Waals surface area contributed by atoms with Gasteiger partial charge >= 0.3 is 0 Å². The van der Waals surface area contributed by atoms with E-state index >= 15 is 0 Å². The van der Waals surface area contributed by atoms with Gasteiger partial charge in [0.2, 0.25) is 0 Å². The van der Waals surface area contributed by atoms with Gasteiger partial charge in [0, 0.05) is 11.8 Å². The number of hydrogen-bond donors (Lipinski definition) is 2. The summed E-state index contributed by atoms with van der Waals surface area (Å²) in [7, 11) is 0. The SMILES string of the molecule is CC[C@@H](C(C)C)[C@H](O)[C@@H](O)[C@@H](C)[C@H]1CC[C@H]2[C@@H]3CC(=O)C45C[C@H]4CC[C@]5(C)[C@H]3CC[C@]12C. The largest absolute Gasteiger partial charge is 0.390 e. The van der Waals surface area contributed by atoms with Crippen LogP contribution in [-0.2, 0) is 4.79 Å². The molecule has 3 heteroatoms. The van der Waals surface area contributed by atoms with Gasteiger partial charge in [0.15, 0.2) is 0 Å². The Morgan fingerprint density at radius 3 is 2.31 bits per heavy atom. The molecule has 0 aliphatic heterocycles. The van der Waals surface area contributed by atoms with E-state index in [-0.39, 0.29) is 28.1 Å². The molecule has 0 saturated heterocycles. The molecule has 12 atom stereocenters. The zero-order valence-electron chi connectivity index (χ0n) is 21.4. The van der Waals surface area contributed by atoms with Crippen LogP contribution in [0, 0.1) is 63.6 Å². The first kappa shape index (κ1) is 23.3. The molecule has 5 fully saturated rings. The van der Waals surface area contributed by atoms with E-state index in [0.29, 0.717) is 35.4 Å². The highest BCUT2D eigenvalue weighted by molar-refractivity contribution is 5.91. The molecular formula is C29H48O3. The molecule has 1 unspecified atom stereocenters. The number of Topliss-reactive ketones (excluding diaryl/α,β-unsaturated/α-hetero) is 1. The van der Waals surface area contributed by atoms with E-state index in [0.717, 1.165) is 25.2 Å². The van der Waals surface area contributed by atoms with Crippen LogP contribution in [0.5, 0.6) is 0 Å². The topological polar surface area (TPSA) is 57.5 Å². The first-order valence-corrected chi connectivity index (χ1v) is 13.9. The summed E-state index contributed by atoms with van der Waals surface area (Å²) in [6.07, 6.45) is 9.02. The highest BCUT2D eigenvalue weighted by Crippen LogP contribution is 2.80. The predicted molar refractivity (Wildman–Crippen MR) is 128 cm³/mol. The van der Waals surface area contributed by atoms with Crippen LogP contribution in [0.3, 0.4) is 0 Å². The highest BCUT2D eigenvalue weighted by Gasteiger charge is 2.77. The van der Waals surface area contributed by atoms with Crippen molar-refractivity contribution < 1.29 is 15.0 Å². The van der Waals surface area contributed by atoms with Crippen molar-refractivity contribution in [1.82, 2.24) is 0 Å². The maximum absolute atomic E-state index is 13.5. The van der Waals surface area contributed by atoms with Crippen molar-refractivity contribution in [3.63, 3.8) is 0 Å². The Labute approximate surface area is 196 Å². The molecule has 32 heavy (non-hydrogen) atoms. The van der Waals surface area contributed by atoms with Gasteiger partial charge in [-0.05, 0) is 103 Å². The molecule has 0 aromatic heterocycles.